The fraction of sp³-hybridized carbons (Fsp3) is 0.170. The molecule has 0 atom stereocenters. The molecule has 0 aliphatic heterocycles. The average Bonchev–Trinajstić information content (AvgIpc) is 3.60. The topological polar surface area (TPSA) is 30.7 Å². The van der Waals surface area contributed by atoms with E-state index in [0.29, 0.717) is 0 Å². The lowest BCUT2D eigenvalue weighted by Gasteiger charge is -2.23. The molecular formula is C53H47N3S. The Hall–Kier alpha value is -5.97. The van der Waals surface area contributed by atoms with Crippen molar-refractivity contribution in [3.05, 3.63) is 168 Å². The van der Waals surface area contributed by atoms with E-state index in [-0.39, 0.29) is 10.8 Å². The molecular weight excluding hydrogens is 711 g/mol. The van der Waals surface area contributed by atoms with Crippen molar-refractivity contribution in [1.29, 1.82) is 0 Å². The molecule has 0 unspecified atom stereocenters. The van der Waals surface area contributed by atoms with Gasteiger partial charge in [0.15, 0.2) is 0 Å². The van der Waals surface area contributed by atoms with Gasteiger partial charge in [0.05, 0.1) is 22.2 Å². The highest BCUT2D eigenvalue weighted by Gasteiger charge is 2.24. The maximum absolute atomic E-state index is 5.64. The smallest absolute Gasteiger partial charge is 0.145 e. The van der Waals surface area contributed by atoms with Crippen LogP contribution in [0.3, 0.4) is 0 Å². The van der Waals surface area contributed by atoms with Crippen LogP contribution in [0.15, 0.2) is 157 Å². The van der Waals surface area contributed by atoms with Crippen LogP contribution < -0.4 is 0 Å². The molecule has 2 heterocycles. The lowest BCUT2D eigenvalue weighted by atomic mass is 9.83. The molecule has 9 aromatic rings. The van der Waals surface area contributed by atoms with Gasteiger partial charge in [0.2, 0.25) is 0 Å². The molecule has 0 amide bonds. The number of para-hydroxylation sites is 1. The quantitative estimate of drug-likeness (QED) is 0.177. The molecule has 7 aromatic carbocycles. The molecule has 0 spiro atoms. The molecule has 0 fully saturated rings. The van der Waals surface area contributed by atoms with Crippen LogP contribution in [0.2, 0.25) is 0 Å². The molecule has 0 aliphatic carbocycles. The Bertz CT molecular complexity index is 3000. The molecule has 0 saturated heterocycles. The summed E-state index contributed by atoms with van der Waals surface area (Å²) >= 11 is 5.06. The van der Waals surface area contributed by atoms with Crippen LogP contribution in [0.1, 0.15) is 58.2 Å². The van der Waals surface area contributed by atoms with Crippen molar-refractivity contribution in [2.75, 3.05) is 0 Å². The van der Waals surface area contributed by atoms with E-state index >= 15 is 0 Å². The first-order chi connectivity index (χ1) is 27.3. The third kappa shape index (κ3) is 6.62. The Morgan fingerprint density at radius 2 is 1.18 bits per heavy atom. The molecule has 0 radical (unpaired) electrons. The zero-order chi connectivity index (χ0) is 39.6. The number of rotatable bonds is 5. The van der Waals surface area contributed by atoms with Crippen LogP contribution in [-0.2, 0) is 10.8 Å². The number of nitrogens with zero attached hydrogens (tertiary/aromatic N) is 3. The summed E-state index contributed by atoms with van der Waals surface area (Å²) in [5, 5.41) is 3.53. The van der Waals surface area contributed by atoms with E-state index in [1.807, 2.05) is 6.20 Å². The summed E-state index contributed by atoms with van der Waals surface area (Å²) in [7, 11) is 0. The molecule has 0 bridgehead atoms. The highest BCUT2D eigenvalue weighted by molar-refractivity contribution is 7.80. The van der Waals surface area contributed by atoms with Crippen molar-refractivity contribution >= 4 is 45.3 Å². The van der Waals surface area contributed by atoms with E-state index in [2.05, 4.69) is 199 Å². The Balaban J connectivity index is 1.35. The molecule has 0 saturated carbocycles. The highest BCUT2D eigenvalue weighted by atomic mass is 32.1. The van der Waals surface area contributed by atoms with Crippen molar-refractivity contribution in [2.24, 2.45) is 0 Å². The van der Waals surface area contributed by atoms with Gasteiger partial charge in [0.25, 0.3) is 0 Å². The Kier molecular flexibility index (Phi) is 8.94. The van der Waals surface area contributed by atoms with Gasteiger partial charge in [-0.05, 0) is 117 Å². The lowest BCUT2D eigenvalue weighted by Crippen LogP contribution is -2.12. The summed E-state index contributed by atoms with van der Waals surface area (Å²) in [4.78, 5) is 11.5. The van der Waals surface area contributed by atoms with Crippen LogP contribution in [0.4, 0.5) is 0 Å². The third-order valence-corrected chi connectivity index (χ3v) is 11.8. The van der Waals surface area contributed by atoms with E-state index in [1.165, 1.54) is 32.8 Å². The number of pyridine rings is 1. The maximum Gasteiger partial charge on any atom is 0.145 e. The predicted molar refractivity (Wildman–Crippen MR) is 245 cm³/mol. The first-order valence-corrected chi connectivity index (χ1v) is 20.2. The van der Waals surface area contributed by atoms with E-state index in [0.717, 1.165) is 71.9 Å². The van der Waals surface area contributed by atoms with Gasteiger partial charge in [-0.25, -0.2) is 4.98 Å². The molecule has 0 aliphatic rings. The number of hydrogen-bond donors (Lipinski definition) is 1. The molecule has 2 aromatic heterocycles. The largest absolute Gasteiger partial charge is 0.292 e. The normalized spacial score (nSPS) is 12.2. The number of aromatic nitrogens is 3. The average molecular weight is 758 g/mol. The zero-order valence-corrected chi connectivity index (χ0v) is 34.6. The van der Waals surface area contributed by atoms with Gasteiger partial charge in [0, 0.05) is 38.7 Å². The molecule has 4 heteroatoms. The fourth-order valence-electron chi connectivity index (χ4n) is 8.11. The van der Waals surface area contributed by atoms with E-state index < -0.39 is 0 Å². The van der Waals surface area contributed by atoms with E-state index in [4.69, 9.17) is 22.6 Å². The summed E-state index contributed by atoms with van der Waals surface area (Å²) in [6, 6.07) is 52.8. The number of aryl methyl sites for hydroxylation is 1. The molecule has 3 nitrogen and oxygen atoms in total. The van der Waals surface area contributed by atoms with E-state index in [9.17, 15) is 0 Å². The molecule has 9 rings (SSSR count). The minimum absolute atomic E-state index is 0.0286. The number of imidazole rings is 1. The van der Waals surface area contributed by atoms with Gasteiger partial charge in [-0.3, -0.25) is 9.55 Å². The zero-order valence-electron chi connectivity index (χ0n) is 33.7. The van der Waals surface area contributed by atoms with Gasteiger partial charge < -0.3 is 0 Å². The number of fused-ring (bicyclic) bond motifs is 3. The van der Waals surface area contributed by atoms with Gasteiger partial charge >= 0.3 is 0 Å². The van der Waals surface area contributed by atoms with Gasteiger partial charge in [-0.1, -0.05) is 133 Å². The van der Waals surface area contributed by atoms with E-state index in [1.54, 1.807) is 0 Å². The number of hydrogen-bond acceptors (Lipinski definition) is 3. The molecule has 57 heavy (non-hydrogen) atoms. The van der Waals surface area contributed by atoms with Gasteiger partial charge in [-0.15, -0.1) is 12.6 Å². The lowest BCUT2D eigenvalue weighted by molar-refractivity contribution is 0.590. The highest BCUT2D eigenvalue weighted by Crippen LogP contribution is 2.42. The summed E-state index contributed by atoms with van der Waals surface area (Å²) in [6.07, 6.45) is 1.93. The van der Waals surface area contributed by atoms with Crippen molar-refractivity contribution < 1.29 is 0 Å². The van der Waals surface area contributed by atoms with Crippen molar-refractivity contribution in [3.63, 3.8) is 0 Å². The second-order valence-electron chi connectivity index (χ2n) is 17.4. The van der Waals surface area contributed by atoms with Gasteiger partial charge in [-0.2, -0.15) is 0 Å². The summed E-state index contributed by atoms with van der Waals surface area (Å²) in [5.41, 5.74) is 15.5. The SMILES string of the molecule is Cc1ccnc2c(-c3cccc(-c4nc5c(-c6cc7ccccc7cc6S)cccc5n4-c4ccc(C(C)(C)C)cc4-c4ccccc4)c3)cc(C(C)(C)C)cc12. The Labute approximate surface area is 341 Å². The first-order valence-electron chi connectivity index (χ1n) is 19.8. The van der Waals surface area contributed by atoms with Crippen LogP contribution >= 0.6 is 12.6 Å². The fourth-order valence-corrected chi connectivity index (χ4v) is 8.44. The van der Waals surface area contributed by atoms with Crippen LogP contribution in [0.25, 0.3) is 83.2 Å². The Morgan fingerprint density at radius 1 is 0.509 bits per heavy atom. The second kappa shape index (κ2) is 13.9. The summed E-state index contributed by atoms with van der Waals surface area (Å²) < 4.78 is 2.37. The van der Waals surface area contributed by atoms with Gasteiger partial charge in [0.1, 0.15) is 5.82 Å². The Morgan fingerprint density at radius 3 is 1.93 bits per heavy atom. The first kappa shape index (κ1) is 36.7. The minimum Gasteiger partial charge on any atom is -0.292 e. The van der Waals surface area contributed by atoms with Crippen molar-refractivity contribution in [1.82, 2.24) is 14.5 Å². The molecule has 0 N–H and O–H groups in total. The number of thiol groups is 1. The minimum atomic E-state index is -0.0329. The summed E-state index contributed by atoms with van der Waals surface area (Å²) in [6.45, 7) is 15.8. The van der Waals surface area contributed by atoms with Crippen molar-refractivity contribution in [3.8, 4) is 50.5 Å². The number of benzene rings is 7. The summed E-state index contributed by atoms with van der Waals surface area (Å²) in [5.74, 6) is 0.877. The monoisotopic (exact) mass is 757 g/mol. The predicted octanol–water partition coefficient (Wildman–Crippen LogP) is 14.6. The van der Waals surface area contributed by atoms with Crippen LogP contribution in [-0.4, -0.2) is 14.5 Å². The van der Waals surface area contributed by atoms with Crippen molar-refractivity contribution in [2.45, 2.75) is 64.2 Å². The van der Waals surface area contributed by atoms with Crippen LogP contribution in [0.5, 0.6) is 0 Å². The maximum atomic E-state index is 5.64. The van der Waals surface area contributed by atoms with Crippen LogP contribution in [0, 0.1) is 6.92 Å². The standard InChI is InChI=1S/C53H47N3S/c1-33-25-26-54-49-42(33)31-40(53(5,6)7)32-44(49)37-19-13-20-38(27-37)51-55-50-41(45-28-35-17-11-12-18-36(35)29-48(45)57)21-14-22-47(50)56(51)46-24-23-39(52(2,3)4)30-43(46)34-15-9-8-10-16-34/h8-32,57H,1-7H3. The molecule has 280 valence electrons. The third-order valence-electron chi connectivity index (χ3n) is 11.4. The second-order valence-corrected chi connectivity index (χ2v) is 17.9.